The van der Waals surface area contributed by atoms with Crippen molar-refractivity contribution in [2.75, 3.05) is 6.61 Å². The third kappa shape index (κ3) is 3.66. The fourth-order valence-corrected chi connectivity index (χ4v) is 1.85. The number of aromatic nitrogens is 1. The van der Waals surface area contributed by atoms with Crippen molar-refractivity contribution >= 4 is 27.6 Å². The Morgan fingerprint density at radius 1 is 1.63 bits per heavy atom. The van der Waals surface area contributed by atoms with Crippen molar-refractivity contribution in [2.45, 2.75) is 19.8 Å². The summed E-state index contributed by atoms with van der Waals surface area (Å²) < 4.78 is 30.1. The minimum absolute atomic E-state index is 0.0943. The summed E-state index contributed by atoms with van der Waals surface area (Å²) in [6.45, 7) is 1.66. The van der Waals surface area contributed by atoms with Crippen molar-refractivity contribution in [1.82, 2.24) is 4.98 Å². The smallest absolute Gasteiger partial charge is 0.310 e. The van der Waals surface area contributed by atoms with Crippen LogP contribution in [0.1, 0.15) is 24.6 Å². The van der Waals surface area contributed by atoms with Gasteiger partial charge in [0.25, 0.3) is 6.43 Å². The highest BCUT2D eigenvalue weighted by Crippen LogP contribution is 2.34. The standard InChI is InChI=1S/C10H9BrF2N2O4/c1-2-19-7(16)3-5-6(11)4-14-8(10(12)13)9(5)15(17)18/h4,10H,2-3H2,1H3. The zero-order valence-corrected chi connectivity index (χ0v) is 11.3. The van der Waals surface area contributed by atoms with Gasteiger partial charge in [0, 0.05) is 10.7 Å². The largest absolute Gasteiger partial charge is 0.466 e. The van der Waals surface area contributed by atoms with Gasteiger partial charge in [-0.1, -0.05) is 0 Å². The molecule has 0 saturated carbocycles. The number of nitrogens with zero attached hydrogens (tertiary/aromatic N) is 2. The molecule has 104 valence electrons. The molecule has 19 heavy (non-hydrogen) atoms. The van der Waals surface area contributed by atoms with Crippen LogP contribution in [-0.2, 0) is 16.0 Å². The first-order valence-electron chi connectivity index (χ1n) is 5.13. The highest BCUT2D eigenvalue weighted by atomic mass is 79.9. The molecule has 0 aromatic carbocycles. The van der Waals surface area contributed by atoms with Crippen LogP contribution in [0.3, 0.4) is 0 Å². The van der Waals surface area contributed by atoms with Crippen LogP contribution in [-0.4, -0.2) is 22.5 Å². The monoisotopic (exact) mass is 338 g/mol. The molecule has 0 aliphatic rings. The minimum atomic E-state index is -3.10. The Labute approximate surface area is 115 Å². The quantitative estimate of drug-likeness (QED) is 0.468. The molecule has 1 heterocycles. The van der Waals surface area contributed by atoms with Crippen molar-refractivity contribution in [3.63, 3.8) is 0 Å². The molecule has 6 nitrogen and oxygen atoms in total. The van der Waals surface area contributed by atoms with E-state index in [9.17, 15) is 23.7 Å². The van der Waals surface area contributed by atoms with Crippen molar-refractivity contribution in [1.29, 1.82) is 0 Å². The molecule has 0 fully saturated rings. The average Bonchev–Trinajstić information content (AvgIpc) is 2.31. The molecular formula is C10H9BrF2N2O4. The number of carbonyl (C=O) groups excluding carboxylic acids is 1. The molecule has 0 radical (unpaired) electrons. The molecule has 1 rings (SSSR count). The lowest BCUT2D eigenvalue weighted by atomic mass is 10.1. The van der Waals surface area contributed by atoms with Gasteiger partial charge in [0.1, 0.15) is 0 Å². The molecule has 0 spiro atoms. The van der Waals surface area contributed by atoms with Gasteiger partial charge in [-0.05, 0) is 22.9 Å². The molecule has 1 aromatic heterocycles. The Bertz CT molecular complexity index is 511. The van der Waals surface area contributed by atoms with E-state index in [1.165, 1.54) is 0 Å². The van der Waals surface area contributed by atoms with Crippen LogP contribution < -0.4 is 0 Å². The maximum atomic E-state index is 12.7. The van der Waals surface area contributed by atoms with Crippen molar-refractivity contribution in [3.05, 3.63) is 32.0 Å². The lowest BCUT2D eigenvalue weighted by Crippen LogP contribution is -2.12. The molecule has 0 N–H and O–H groups in total. The van der Waals surface area contributed by atoms with E-state index in [0.29, 0.717) is 0 Å². The zero-order chi connectivity index (χ0) is 14.6. The fourth-order valence-electron chi connectivity index (χ4n) is 1.42. The number of alkyl halides is 2. The average molecular weight is 339 g/mol. The Balaban J connectivity index is 3.31. The number of carbonyl (C=O) groups is 1. The lowest BCUT2D eigenvalue weighted by Gasteiger charge is -2.08. The van der Waals surface area contributed by atoms with Crippen LogP contribution in [0.5, 0.6) is 0 Å². The second-order valence-corrected chi connectivity index (χ2v) is 4.21. The van der Waals surface area contributed by atoms with Crippen LogP contribution in [0, 0.1) is 10.1 Å². The maximum Gasteiger partial charge on any atom is 0.310 e. The zero-order valence-electron chi connectivity index (χ0n) is 9.73. The van der Waals surface area contributed by atoms with Gasteiger partial charge in [0.2, 0.25) is 0 Å². The van der Waals surface area contributed by atoms with Gasteiger partial charge in [-0.25, -0.2) is 13.8 Å². The Morgan fingerprint density at radius 2 is 2.26 bits per heavy atom. The maximum absolute atomic E-state index is 12.7. The number of hydrogen-bond acceptors (Lipinski definition) is 5. The Morgan fingerprint density at radius 3 is 2.74 bits per heavy atom. The number of rotatable bonds is 5. The third-order valence-electron chi connectivity index (χ3n) is 2.15. The first-order valence-corrected chi connectivity index (χ1v) is 5.93. The van der Waals surface area contributed by atoms with Gasteiger partial charge in [-0.3, -0.25) is 14.9 Å². The molecule has 0 unspecified atom stereocenters. The highest BCUT2D eigenvalue weighted by Gasteiger charge is 2.30. The van der Waals surface area contributed by atoms with Crippen molar-refractivity contribution < 1.29 is 23.2 Å². The molecule has 0 aliphatic heterocycles. The molecule has 0 saturated heterocycles. The van der Waals surface area contributed by atoms with Crippen LogP contribution in [0.25, 0.3) is 0 Å². The number of pyridine rings is 1. The first kappa shape index (κ1) is 15.4. The highest BCUT2D eigenvalue weighted by molar-refractivity contribution is 9.10. The second kappa shape index (κ2) is 6.50. The first-order chi connectivity index (χ1) is 8.88. The minimum Gasteiger partial charge on any atom is -0.466 e. The summed E-state index contributed by atoms with van der Waals surface area (Å²) in [5.41, 5.74) is -2.00. The summed E-state index contributed by atoms with van der Waals surface area (Å²) in [5, 5.41) is 10.9. The number of esters is 1. The summed E-state index contributed by atoms with van der Waals surface area (Å²) in [6, 6.07) is 0. The summed E-state index contributed by atoms with van der Waals surface area (Å²) in [6.07, 6.45) is -2.58. The van der Waals surface area contributed by atoms with E-state index in [1.807, 2.05) is 0 Å². The lowest BCUT2D eigenvalue weighted by molar-refractivity contribution is -0.387. The van der Waals surface area contributed by atoms with E-state index in [0.717, 1.165) is 6.20 Å². The number of halogens is 3. The van der Waals surface area contributed by atoms with Crippen LogP contribution >= 0.6 is 15.9 Å². The Hall–Kier alpha value is -1.64. The second-order valence-electron chi connectivity index (χ2n) is 3.36. The SMILES string of the molecule is CCOC(=O)Cc1c(Br)cnc(C(F)F)c1[N+](=O)[O-]. The molecule has 1 aromatic rings. The van der Waals surface area contributed by atoms with Crippen LogP contribution in [0.2, 0.25) is 0 Å². The van der Waals surface area contributed by atoms with E-state index >= 15 is 0 Å². The van der Waals surface area contributed by atoms with Crippen molar-refractivity contribution in [3.8, 4) is 0 Å². The van der Waals surface area contributed by atoms with Gasteiger partial charge in [0.05, 0.1) is 23.5 Å². The molecule has 0 bridgehead atoms. The number of ether oxygens (including phenoxy) is 1. The summed E-state index contributed by atoms with van der Waals surface area (Å²) in [7, 11) is 0. The van der Waals surface area contributed by atoms with Gasteiger partial charge in [-0.2, -0.15) is 0 Å². The normalized spacial score (nSPS) is 10.6. The van der Waals surface area contributed by atoms with E-state index in [-0.39, 0.29) is 16.6 Å². The van der Waals surface area contributed by atoms with Gasteiger partial charge >= 0.3 is 11.7 Å². The van der Waals surface area contributed by atoms with Gasteiger partial charge < -0.3 is 4.74 Å². The summed E-state index contributed by atoms with van der Waals surface area (Å²) in [4.78, 5) is 24.6. The summed E-state index contributed by atoms with van der Waals surface area (Å²) >= 11 is 2.96. The molecule has 0 atom stereocenters. The molecule has 0 amide bonds. The van der Waals surface area contributed by atoms with E-state index in [1.54, 1.807) is 6.92 Å². The topological polar surface area (TPSA) is 82.3 Å². The predicted molar refractivity (Wildman–Crippen MR) is 63.9 cm³/mol. The summed E-state index contributed by atoms with van der Waals surface area (Å²) in [5.74, 6) is -0.738. The predicted octanol–water partition coefficient (Wildman–Crippen LogP) is 2.80. The number of nitro groups is 1. The molecular weight excluding hydrogens is 330 g/mol. The van der Waals surface area contributed by atoms with Crippen LogP contribution in [0.4, 0.5) is 14.5 Å². The number of hydrogen-bond donors (Lipinski definition) is 0. The van der Waals surface area contributed by atoms with Gasteiger partial charge in [0.15, 0.2) is 5.69 Å². The fraction of sp³-hybridized carbons (Fsp3) is 0.400. The van der Waals surface area contributed by atoms with Crippen molar-refractivity contribution in [2.24, 2.45) is 0 Å². The molecule has 0 aliphatic carbocycles. The van der Waals surface area contributed by atoms with Crippen LogP contribution in [0.15, 0.2) is 10.7 Å². The Kier molecular flexibility index (Phi) is 5.28. The van der Waals surface area contributed by atoms with E-state index in [2.05, 4.69) is 25.7 Å². The van der Waals surface area contributed by atoms with Gasteiger partial charge in [-0.15, -0.1) is 0 Å². The van der Waals surface area contributed by atoms with E-state index < -0.39 is 35.1 Å². The third-order valence-corrected chi connectivity index (χ3v) is 2.83. The van der Waals surface area contributed by atoms with E-state index in [4.69, 9.17) is 0 Å². The molecule has 9 heteroatoms.